The molecule has 2 aliphatic heterocycles. The smallest absolute Gasteiger partial charge is 0.225 e. The number of carbonyl (C=O) groups excluding carboxylic acids is 1. The topological polar surface area (TPSA) is 57.7 Å². The number of rotatable bonds is 4. The molecule has 1 unspecified atom stereocenters. The highest BCUT2D eigenvalue weighted by atomic mass is 16.5. The summed E-state index contributed by atoms with van der Waals surface area (Å²) in [5, 5.41) is 2.85. The number of nitrogens with one attached hydrogen (secondary N) is 1. The number of pyridine rings is 1. The molecule has 0 spiro atoms. The average Bonchev–Trinajstić information content (AvgIpc) is 2.85. The summed E-state index contributed by atoms with van der Waals surface area (Å²) in [6, 6.07) is 6.69. The summed E-state index contributed by atoms with van der Waals surface area (Å²) in [7, 11) is 1.73. The largest absolute Gasteiger partial charge is 0.381 e. The van der Waals surface area contributed by atoms with Crippen LogP contribution in [0, 0.1) is 12.8 Å². The van der Waals surface area contributed by atoms with E-state index in [9.17, 15) is 4.79 Å². The summed E-state index contributed by atoms with van der Waals surface area (Å²) in [6.07, 6.45) is 2.14. The zero-order chi connectivity index (χ0) is 17.6. The molecule has 2 saturated heterocycles. The Hall–Kier alpha value is -1.50. The van der Waals surface area contributed by atoms with Crippen molar-refractivity contribution in [2.45, 2.75) is 32.4 Å². The second-order valence-corrected chi connectivity index (χ2v) is 7.16. The minimum absolute atomic E-state index is 0.000143. The number of carbonyl (C=O) groups is 1. The van der Waals surface area contributed by atoms with E-state index in [1.807, 2.05) is 13.0 Å². The van der Waals surface area contributed by atoms with Crippen molar-refractivity contribution in [3.05, 3.63) is 29.6 Å². The Balaban J connectivity index is 1.69. The molecule has 0 aromatic carbocycles. The van der Waals surface area contributed by atoms with Crippen LogP contribution in [0.15, 0.2) is 18.2 Å². The van der Waals surface area contributed by atoms with Crippen LogP contribution >= 0.6 is 0 Å². The fourth-order valence-corrected chi connectivity index (χ4v) is 3.92. The van der Waals surface area contributed by atoms with E-state index in [0.717, 1.165) is 70.2 Å². The van der Waals surface area contributed by atoms with Gasteiger partial charge in [0, 0.05) is 64.7 Å². The third kappa shape index (κ3) is 5.00. The van der Waals surface area contributed by atoms with Gasteiger partial charge in [0.05, 0.1) is 11.6 Å². The van der Waals surface area contributed by atoms with E-state index in [4.69, 9.17) is 4.74 Å². The van der Waals surface area contributed by atoms with Gasteiger partial charge in [-0.1, -0.05) is 6.07 Å². The molecule has 1 N–H and O–H groups in total. The maximum Gasteiger partial charge on any atom is 0.225 e. The van der Waals surface area contributed by atoms with Crippen LogP contribution in [0.2, 0.25) is 0 Å². The summed E-state index contributed by atoms with van der Waals surface area (Å²) < 4.78 is 5.50. The van der Waals surface area contributed by atoms with Crippen molar-refractivity contribution in [3.63, 3.8) is 0 Å². The first-order valence-corrected chi connectivity index (χ1v) is 9.34. The van der Waals surface area contributed by atoms with Crippen molar-refractivity contribution in [3.8, 4) is 0 Å². The molecule has 0 bridgehead atoms. The van der Waals surface area contributed by atoms with Gasteiger partial charge in [-0.3, -0.25) is 19.6 Å². The molecule has 1 amide bonds. The molecule has 25 heavy (non-hydrogen) atoms. The molecule has 1 aromatic rings. The third-order valence-corrected chi connectivity index (χ3v) is 5.29. The summed E-state index contributed by atoms with van der Waals surface area (Å²) in [5.74, 6) is 0.140. The molecule has 1 atom stereocenters. The van der Waals surface area contributed by atoms with E-state index in [1.54, 1.807) is 7.05 Å². The molecule has 6 nitrogen and oxygen atoms in total. The minimum Gasteiger partial charge on any atom is -0.381 e. The predicted octanol–water partition coefficient (Wildman–Crippen LogP) is 1.05. The van der Waals surface area contributed by atoms with Gasteiger partial charge in [0.2, 0.25) is 5.91 Å². The van der Waals surface area contributed by atoms with Crippen LogP contribution in [0.5, 0.6) is 0 Å². The number of ether oxygens (including phenoxy) is 1. The van der Waals surface area contributed by atoms with Crippen LogP contribution in [0.4, 0.5) is 0 Å². The number of nitrogens with zero attached hydrogens (tertiary/aromatic N) is 3. The Morgan fingerprint density at radius 3 is 2.80 bits per heavy atom. The fourth-order valence-electron chi connectivity index (χ4n) is 3.92. The van der Waals surface area contributed by atoms with E-state index < -0.39 is 0 Å². The van der Waals surface area contributed by atoms with Crippen LogP contribution in [0.1, 0.15) is 24.2 Å². The van der Waals surface area contributed by atoms with Crippen molar-refractivity contribution in [2.75, 3.05) is 46.4 Å². The maximum absolute atomic E-state index is 12.4. The number of aryl methyl sites for hydroxylation is 1. The molecular weight excluding hydrogens is 316 g/mol. The first-order valence-electron chi connectivity index (χ1n) is 9.34. The van der Waals surface area contributed by atoms with Crippen LogP contribution in [0.3, 0.4) is 0 Å². The maximum atomic E-state index is 12.4. The van der Waals surface area contributed by atoms with E-state index in [2.05, 4.69) is 32.2 Å². The molecule has 0 radical (unpaired) electrons. The highest BCUT2D eigenvalue weighted by Gasteiger charge is 2.31. The SMILES string of the molecule is CNC(=O)C1CN(Cc2cccc(C)n2)CCN(C2CCOCC2)C1. The van der Waals surface area contributed by atoms with E-state index >= 15 is 0 Å². The van der Waals surface area contributed by atoms with Crippen molar-refractivity contribution in [1.29, 1.82) is 0 Å². The zero-order valence-corrected chi connectivity index (χ0v) is 15.4. The van der Waals surface area contributed by atoms with Gasteiger partial charge < -0.3 is 10.1 Å². The van der Waals surface area contributed by atoms with Crippen molar-refractivity contribution >= 4 is 5.91 Å². The van der Waals surface area contributed by atoms with Gasteiger partial charge in [-0.15, -0.1) is 0 Å². The van der Waals surface area contributed by atoms with Gasteiger partial charge in [0.1, 0.15) is 0 Å². The van der Waals surface area contributed by atoms with Crippen LogP contribution in [0.25, 0.3) is 0 Å². The summed E-state index contributed by atoms with van der Waals surface area (Å²) in [4.78, 5) is 21.9. The molecule has 3 heterocycles. The predicted molar refractivity (Wildman–Crippen MR) is 97.2 cm³/mol. The molecule has 2 fully saturated rings. The molecule has 6 heteroatoms. The van der Waals surface area contributed by atoms with E-state index in [1.165, 1.54) is 0 Å². The van der Waals surface area contributed by atoms with Gasteiger partial charge in [-0.05, 0) is 31.9 Å². The van der Waals surface area contributed by atoms with Gasteiger partial charge in [0.15, 0.2) is 0 Å². The average molecular weight is 346 g/mol. The fraction of sp³-hybridized carbons (Fsp3) is 0.684. The quantitative estimate of drug-likeness (QED) is 0.883. The van der Waals surface area contributed by atoms with Crippen LogP contribution < -0.4 is 5.32 Å². The lowest BCUT2D eigenvalue weighted by Gasteiger charge is -2.34. The highest BCUT2D eigenvalue weighted by molar-refractivity contribution is 5.78. The molecule has 0 saturated carbocycles. The lowest BCUT2D eigenvalue weighted by molar-refractivity contribution is -0.125. The molecule has 1 aromatic heterocycles. The standard InChI is InChI=1S/C19H30N4O2/c1-15-4-3-5-17(21-15)14-22-8-9-23(18-6-10-25-11-7-18)13-16(12-22)19(24)20-2/h3-5,16,18H,6-14H2,1-2H3,(H,20,24). The van der Waals surface area contributed by atoms with Gasteiger partial charge in [-0.2, -0.15) is 0 Å². The van der Waals surface area contributed by atoms with Crippen molar-refractivity contribution < 1.29 is 9.53 Å². The van der Waals surface area contributed by atoms with E-state index in [-0.39, 0.29) is 11.8 Å². The monoisotopic (exact) mass is 346 g/mol. The summed E-state index contributed by atoms with van der Waals surface area (Å²) in [5.41, 5.74) is 2.12. The summed E-state index contributed by atoms with van der Waals surface area (Å²) in [6.45, 7) is 8.09. The second kappa shape index (κ2) is 8.74. The molecule has 3 rings (SSSR count). The van der Waals surface area contributed by atoms with Crippen LogP contribution in [-0.4, -0.2) is 73.2 Å². The number of aromatic nitrogens is 1. The molecule has 138 valence electrons. The van der Waals surface area contributed by atoms with Gasteiger partial charge in [-0.25, -0.2) is 0 Å². The number of hydrogen-bond donors (Lipinski definition) is 1. The minimum atomic E-state index is 0.000143. The Morgan fingerprint density at radius 2 is 2.08 bits per heavy atom. The molecule has 2 aliphatic rings. The number of amides is 1. The van der Waals surface area contributed by atoms with E-state index in [0.29, 0.717) is 6.04 Å². The zero-order valence-electron chi connectivity index (χ0n) is 15.4. The Morgan fingerprint density at radius 1 is 1.28 bits per heavy atom. The number of hydrogen-bond acceptors (Lipinski definition) is 5. The first-order chi connectivity index (χ1) is 12.2. The highest BCUT2D eigenvalue weighted by Crippen LogP contribution is 2.20. The lowest BCUT2D eigenvalue weighted by atomic mass is 10.0. The lowest BCUT2D eigenvalue weighted by Crippen LogP contribution is -2.45. The Labute approximate surface area is 150 Å². The Kier molecular flexibility index (Phi) is 6.39. The Bertz CT molecular complexity index is 574. The van der Waals surface area contributed by atoms with Gasteiger partial charge in [0.25, 0.3) is 0 Å². The van der Waals surface area contributed by atoms with Crippen molar-refractivity contribution in [1.82, 2.24) is 20.1 Å². The van der Waals surface area contributed by atoms with Crippen LogP contribution in [-0.2, 0) is 16.1 Å². The second-order valence-electron chi connectivity index (χ2n) is 7.16. The first kappa shape index (κ1) is 18.3. The third-order valence-electron chi connectivity index (χ3n) is 5.29. The molecular formula is C19H30N4O2. The van der Waals surface area contributed by atoms with Gasteiger partial charge >= 0.3 is 0 Å². The van der Waals surface area contributed by atoms with Crippen molar-refractivity contribution in [2.24, 2.45) is 5.92 Å². The summed E-state index contributed by atoms with van der Waals surface area (Å²) >= 11 is 0. The molecule has 0 aliphatic carbocycles. The normalized spacial score (nSPS) is 24.0.